The Bertz CT molecular complexity index is 425. The lowest BCUT2D eigenvalue weighted by Gasteiger charge is -2.29. The number of hydrogen-bond donors (Lipinski definition) is 0. The zero-order valence-electron chi connectivity index (χ0n) is 13.4. The van der Waals surface area contributed by atoms with Gasteiger partial charge in [0, 0.05) is 11.0 Å². The molecule has 21 heavy (non-hydrogen) atoms. The average molecular weight is 356 g/mol. The SMILES string of the molecule is CC(C)(C)OC=O.CN1CCCC(c2ccc(Br)cc2)C1. The highest BCUT2D eigenvalue weighted by Crippen LogP contribution is 2.26. The van der Waals surface area contributed by atoms with Crippen LogP contribution in [-0.4, -0.2) is 37.1 Å². The zero-order chi connectivity index (χ0) is 15.9. The molecule has 0 bridgehead atoms. The van der Waals surface area contributed by atoms with Gasteiger partial charge in [0.25, 0.3) is 6.47 Å². The number of carbonyl (C=O) groups excluding carboxylic acids is 1. The third-order valence-electron chi connectivity index (χ3n) is 3.37. The Labute approximate surface area is 136 Å². The van der Waals surface area contributed by atoms with Crippen LogP contribution in [0.15, 0.2) is 28.7 Å². The molecule has 0 saturated carbocycles. The summed E-state index contributed by atoms with van der Waals surface area (Å²) in [5.74, 6) is 0.738. The van der Waals surface area contributed by atoms with Crippen molar-refractivity contribution in [3.05, 3.63) is 34.3 Å². The van der Waals surface area contributed by atoms with Crippen molar-refractivity contribution in [1.82, 2.24) is 4.90 Å². The molecule has 1 unspecified atom stereocenters. The molecule has 1 aliphatic heterocycles. The zero-order valence-corrected chi connectivity index (χ0v) is 15.0. The van der Waals surface area contributed by atoms with E-state index in [1.54, 1.807) is 0 Å². The van der Waals surface area contributed by atoms with E-state index >= 15 is 0 Å². The van der Waals surface area contributed by atoms with Crippen LogP contribution in [0.25, 0.3) is 0 Å². The van der Waals surface area contributed by atoms with Gasteiger partial charge in [-0.1, -0.05) is 28.1 Å². The second-order valence-electron chi connectivity index (χ2n) is 6.48. The Balaban J connectivity index is 0.000000270. The van der Waals surface area contributed by atoms with E-state index in [-0.39, 0.29) is 5.60 Å². The lowest BCUT2D eigenvalue weighted by molar-refractivity contribution is -0.138. The van der Waals surface area contributed by atoms with Crippen LogP contribution in [0.4, 0.5) is 0 Å². The van der Waals surface area contributed by atoms with Gasteiger partial charge in [-0.2, -0.15) is 0 Å². The van der Waals surface area contributed by atoms with Gasteiger partial charge in [-0.25, -0.2) is 0 Å². The normalized spacial score (nSPS) is 19.4. The van der Waals surface area contributed by atoms with Gasteiger partial charge in [0.1, 0.15) is 5.60 Å². The quantitative estimate of drug-likeness (QED) is 0.744. The molecule has 1 fully saturated rings. The summed E-state index contributed by atoms with van der Waals surface area (Å²) in [6.45, 7) is 8.39. The van der Waals surface area contributed by atoms with Crippen LogP contribution in [0.3, 0.4) is 0 Å². The molecular formula is C17H26BrNO2. The van der Waals surface area contributed by atoms with Crippen molar-refractivity contribution in [3.8, 4) is 0 Å². The standard InChI is InChI=1S/C12H16BrN.C5H10O2/c1-14-8-2-3-11(9-14)10-4-6-12(13)7-5-10;1-5(2,3)7-4-6/h4-7,11H,2-3,8-9H2,1H3;4H,1-3H3. The predicted molar refractivity (Wildman–Crippen MR) is 90.5 cm³/mol. The first kappa shape index (κ1) is 18.2. The van der Waals surface area contributed by atoms with Gasteiger partial charge >= 0.3 is 0 Å². The van der Waals surface area contributed by atoms with E-state index in [0.717, 1.165) is 5.92 Å². The minimum atomic E-state index is -0.318. The number of ether oxygens (including phenoxy) is 1. The number of nitrogens with zero attached hydrogens (tertiary/aromatic N) is 1. The van der Waals surface area contributed by atoms with Crippen molar-refractivity contribution in [1.29, 1.82) is 0 Å². The second kappa shape index (κ2) is 8.54. The van der Waals surface area contributed by atoms with Crippen molar-refractivity contribution in [2.45, 2.75) is 45.1 Å². The molecule has 0 radical (unpaired) electrons. The van der Waals surface area contributed by atoms with E-state index in [1.165, 1.54) is 36.0 Å². The number of hydrogen-bond acceptors (Lipinski definition) is 3. The Kier molecular flexibility index (Phi) is 7.40. The maximum atomic E-state index is 9.60. The lowest BCUT2D eigenvalue weighted by atomic mass is 9.91. The number of carbonyl (C=O) groups is 1. The first-order valence-electron chi connectivity index (χ1n) is 7.37. The summed E-state index contributed by atoms with van der Waals surface area (Å²) in [6, 6.07) is 8.77. The maximum Gasteiger partial charge on any atom is 0.293 e. The minimum Gasteiger partial charge on any atom is -0.462 e. The fourth-order valence-corrected chi connectivity index (χ4v) is 2.58. The summed E-state index contributed by atoms with van der Waals surface area (Å²) in [6.07, 6.45) is 2.67. The average Bonchev–Trinajstić information content (AvgIpc) is 2.39. The fourth-order valence-electron chi connectivity index (χ4n) is 2.32. The Hall–Kier alpha value is -0.870. The van der Waals surface area contributed by atoms with Crippen LogP contribution in [0.1, 0.15) is 45.1 Å². The van der Waals surface area contributed by atoms with Gasteiger partial charge in [0.15, 0.2) is 0 Å². The molecule has 0 amide bonds. The number of halogens is 1. The van der Waals surface area contributed by atoms with E-state index in [0.29, 0.717) is 6.47 Å². The summed E-state index contributed by atoms with van der Waals surface area (Å²) in [4.78, 5) is 12.0. The number of likely N-dealkylation sites (N-methyl/N-ethyl adjacent to an activating group) is 1. The smallest absolute Gasteiger partial charge is 0.293 e. The molecule has 3 nitrogen and oxygen atoms in total. The van der Waals surface area contributed by atoms with Crippen LogP contribution in [-0.2, 0) is 9.53 Å². The molecule has 2 rings (SSSR count). The molecule has 4 heteroatoms. The van der Waals surface area contributed by atoms with Gasteiger partial charge in [-0.3, -0.25) is 4.79 Å². The van der Waals surface area contributed by atoms with E-state index in [9.17, 15) is 4.79 Å². The van der Waals surface area contributed by atoms with E-state index in [2.05, 4.69) is 56.9 Å². The molecule has 1 aromatic carbocycles. The molecular weight excluding hydrogens is 330 g/mol. The molecule has 1 atom stereocenters. The molecule has 1 aromatic rings. The van der Waals surface area contributed by atoms with Crippen LogP contribution in [0, 0.1) is 0 Å². The van der Waals surface area contributed by atoms with Crippen molar-refractivity contribution in [2.75, 3.05) is 20.1 Å². The first-order chi connectivity index (χ1) is 9.81. The van der Waals surface area contributed by atoms with E-state index in [1.807, 2.05) is 20.8 Å². The third kappa shape index (κ3) is 7.63. The van der Waals surface area contributed by atoms with Crippen LogP contribution in [0.2, 0.25) is 0 Å². The maximum absolute atomic E-state index is 9.60. The van der Waals surface area contributed by atoms with Gasteiger partial charge in [0.2, 0.25) is 0 Å². The summed E-state index contributed by atoms with van der Waals surface area (Å²) in [5, 5.41) is 0. The molecule has 0 aromatic heterocycles. The third-order valence-corrected chi connectivity index (χ3v) is 3.90. The molecule has 0 spiro atoms. The highest BCUT2D eigenvalue weighted by atomic mass is 79.9. The molecule has 0 aliphatic carbocycles. The predicted octanol–water partition coefficient (Wildman–Crippen LogP) is 4.22. The van der Waals surface area contributed by atoms with Crippen LogP contribution < -0.4 is 0 Å². The van der Waals surface area contributed by atoms with Crippen molar-refractivity contribution >= 4 is 22.4 Å². The molecule has 1 aliphatic rings. The van der Waals surface area contributed by atoms with Gasteiger partial charge < -0.3 is 9.64 Å². The molecule has 1 saturated heterocycles. The summed E-state index contributed by atoms with van der Waals surface area (Å²) < 4.78 is 5.72. The second-order valence-corrected chi connectivity index (χ2v) is 7.40. The van der Waals surface area contributed by atoms with Crippen LogP contribution in [0.5, 0.6) is 0 Å². The van der Waals surface area contributed by atoms with E-state index in [4.69, 9.17) is 0 Å². The summed E-state index contributed by atoms with van der Waals surface area (Å²) in [7, 11) is 2.21. The summed E-state index contributed by atoms with van der Waals surface area (Å²) >= 11 is 3.47. The van der Waals surface area contributed by atoms with Crippen LogP contribution >= 0.6 is 15.9 Å². The van der Waals surface area contributed by atoms with Gasteiger partial charge in [-0.15, -0.1) is 0 Å². The minimum absolute atomic E-state index is 0.318. The lowest BCUT2D eigenvalue weighted by Crippen LogP contribution is -2.30. The van der Waals surface area contributed by atoms with Gasteiger partial charge in [0.05, 0.1) is 0 Å². The largest absolute Gasteiger partial charge is 0.462 e. The summed E-state index contributed by atoms with van der Waals surface area (Å²) in [5.41, 5.74) is 1.17. The molecule has 0 N–H and O–H groups in total. The number of benzene rings is 1. The van der Waals surface area contributed by atoms with Gasteiger partial charge in [-0.05, 0) is 70.8 Å². The highest BCUT2D eigenvalue weighted by Gasteiger charge is 2.18. The van der Waals surface area contributed by atoms with E-state index < -0.39 is 0 Å². The Morgan fingerprint density at radius 1 is 1.29 bits per heavy atom. The Morgan fingerprint density at radius 3 is 2.33 bits per heavy atom. The van der Waals surface area contributed by atoms with Crippen molar-refractivity contribution in [2.24, 2.45) is 0 Å². The fraction of sp³-hybridized carbons (Fsp3) is 0.588. The highest BCUT2D eigenvalue weighted by molar-refractivity contribution is 9.10. The number of rotatable bonds is 2. The van der Waals surface area contributed by atoms with Crippen molar-refractivity contribution < 1.29 is 9.53 Å². The molecule has 118 valence electrons. The monoisotopic (exact) mass is 355 g/mol. The number of likely N-dealkylation sites (tertiary alicyclic amines) is 1. The number of piperidine rings is 1. The Morgan fingerprint density at radius 2 is 1.90 bits per heavy atom. The van der Waals surface area contributed by atoms with Crippen molar-refractivity contribution in [3.63, 3.8) is 0 Å². The first-order valence-corrected chi connectivity index (χ1v) is 8.16. The topological polar surface area (TPSA) is 29.5 Å². The molecule has 1 heterocycles.